The van der Waals surface area contributed by atoms with Crippen LogP contribution in [-0.4, -0.2) is 22.3 Å². The Labute approximate surface area is 149 Å². The molecule has 3 aromatic carbocycles. The van der Waals surface area contributed by atoms with Crippen LogP contribution < -0.4 is 9.47 Å². The first-order valence-corrected chi connectivity index (χ1v) is 7.57. The summed E-state index contributed by atoms with van der Waals surface area (Å²) in [6.07, 6.45) is -0.739. The molecule has 0 heterocycles. The molecule has 0 radical (unpaired) electrons. The van der Waals surface area contributed by atoms with Crippen LogP contribution in [0, 0.1) is 0 Å². The summed E-state index contributed by atoms with van der Waals surface area (Å²) in [4.78, 5) is 21.6. The molecule has 0 fully saturated rings. The van der Waals surface area contributed by atoms with Gasteiger partial charge in [0.1, 0.15) is 22.8 Å². The first kappa shape index (κ1) is 18.5. The molecule has 2 N–H and O–H groups in total. The molecular formula is C20H16O6. The van der Waals surface area contributed by atoms with E-state index in [1.165, 1.54) is 12.1 Å². The smallest absolute Gasteiger partial charge is 0.507 e. The van der Waals surface area contributed by atoms with E-state index in [1.807, 2.05) is 12.1 Å². The quantitative estimate of drug-likeness (QED) is 0.537. The van der Waals surface area contributed by atoms with Crippen LogP contribution in [0.1, 0.15) is 10.4 Å². The van der Waals surface area contributed by atoms with Gasteiger partial charge < -0.3 is 19.7 Å². The van der Waals surface area contributed by atoms with Gasteiger partial charge in [-0.05, 0) is 36.4 Å². The van der Waals surface area contributed by atoms with Gasteiger partial charge >= 0.3 is 12.1 Å². The molecule has 0 aliphatic heterocycles. The van der Waals surface area contributed by atoms with Gasteiger partial charge in [-0.2, -0.15) is 0 Å². The average molecular weight is 352 g/mol. The molecule has 0 aliphatic rings. The van der Waals surface area contributed by atoms with Crippen molar-refractivity contribution in [3.63, 3.8) is 0 Å². The maximum atomic E-state index is 11.3. The highest BCUT2D eigenvalue weighted by atomic mass is 16.7. The minimum absolute atomic E-state index is 0.0671. The largest absolute Gasteiger partial charge is 0.519 e. The Morgan fingerprint density at radius 2 is 1.08 bits per heavy atom. The Bertz CT molecular complexity index is 803. The molecule has 132 valence electrons. The Balaban J connectivity index is 0.000000209. The third-order valence-electron chi connectivity index (χ3n) is 3.02. The summed E-state index contributed by atoms with van der Waals surface area (Å²) in [6, 6.07) is 23.4. The van der Waals surface area contributed by atoms with Crippen molar-refractivity contribution in [3.05, 3.63) is 90.5 Å². The highest BCUT2D eigenvalue weighted by Crippen LogP contribution is 2.14. The standard InChI is InChI=1S/C13H10O3.C7H6O3/c14-13(15-11-7-3-1-4-8-11)16-12-9-5-2-6-10-12;8-6-4-2-1-3-5(6)7(9)10/h1-10H;1-4,8H,(H,9,10). The van der Waals surface area contributed by atoms with Crippen LogP contribution in [0.5, 0.6) is 17.2 Å². The fraction of sp³-hybridized carbons (Fsp3) is 0. The normalized spacial score (nSPS) is 9.38. The molecule has 0 aromatic heterocycles. The minimum Gasteiger partial charge on any atom is -0.507 e. The number of carboxylic acid groups (broad SMARTS) is 1. The zero-order chi connectivity index (χ0) is 18.8. The number of ether oxygens (including phenoxy) is 2. The number of carboxylic acids is 1. The van der Waals surface area contributed by atoms with E-state index in [9.17, 15) is 9.59 Å². The molecule has 0 spiro atoms. The lowest BCUT2D eigenvalue weighted by molar-refractivity contribution is 0.0693. The van der Waals surface area contributed by atoms with Crippen molar-refractivity contribution in [1.82, 2.24) is 0 Å². The van der Waals surface area contributed by atoms with Crippen molar-refractivity contribution in [1.29, 1.82) is 0 Å². The molecule has 3 rings (SSSR count). The Kier molecular flexibility index (Phi) is 6.76. The number of rotatable bonds is 3. The second kappa shape index (κ2) is 9.48. The monoisotopic (exact) mass is 352 g/mol. The molecule has 0 bridgehead atoms. The van der Waals surface area contributed by atoms with Gasteiger partial charge in [0.15, 0.2) is 0 Å². The Hall–Kier alpha value is -3.80. The number of para-hydroxylation sites is 3. The molecule has 0 saturated carbocycles. The van der Waals surface area contributed by atoms with Crippen molar-refractivity contribution < 1.29 is 29.3 Å². The summed E-state index contributed by atoms with van der Waals surface area (Å²) in [5.41, 5.74) is -0.0671. The zero-order valence-electron chi connectivity index (χ0n) is 13.6. The molecule has 26 heavy (non-hydrogen) atoms. The van der Waals surface area contributed by atoms with Crippen molar-refractivity contribution in [2.45, 2.75) is 0 Å². The SMILES string of the molecule is O=C(O)c1ccccc1O.O=C(Oc1ccccc1)Oc1ccccc1. The van der Waals surface area contributed by atoms with E-state index in [1.54, 1.807) is 60.7 Å². The Morgan fingerprint density at radius 1 is 0.654 bits per heavy atom. The lowest BCUT2D eigenvalue weighted by atomic mass is 10.2. The van der Waals surface area contributed by atoms with E-state index in [2.05, 4.69) is 0 Å². The average Bonchev–Trinajstić information content (AvgIpc) is 2.64. The Morgan fingerprint density at radius 3 is 1.46 bits per heavy atom. The summed E-state index contributed by atoms with van der Waals surface area (Å²) >= 11 is 0. The maximum Gasteiger partial charge on any atom is 0.519 e. The molecule has 0 atom stereocenters. The van der Waals surface area contributed by atoms with Gasteiger partial charge in [-0.15, -0.1) is 0 Å². The van der Waals surface area contributed by atoms with Crippen LogP contribution in [0.3, 0.4) is 0 Å². The lowest BCUT2D eigenvalue weighted by Crippen LogP contribution is -2.13. The van der Waals surface area contributed by atoms with Crippen LogP contribution in [0.2, 0.25) is 0 Å². The van der Waals surface area contributed by atoms with Crippen LogP contribution >= 0.6 is 0 Å². The van der Waals surface area contributed by atoms with E-state index in [0.29, 0.717) is 11.5 Å². The summed E-state index contributed by atoms with van der Waals surface area (Å²) in [6.45, 7) is 0. The topological polar surface area (TPSA) is 93.1 Å². The lowest BCUT2D eigenvalue weighted by Gasteiger charge is -2.04. The van der Waals surface area contributed by atoms with Crippen molar-refractivity contribution in [3.8, 4) is 17.2 Å². The third kappa shape index (κ3) is 6.01. The van der Waals surface area contributed by atoms with E-state index >= 15 is 0 Å². The fourth-order valence-electron chi connectivity index (χ4n) is 1.84. The highest BCUT2D eigenvalue weighted by Gasteiger charge is 2.06. The van der Waals surface area contributed by atoms with E-state index in [0.717, 1.165) is 0 Å². The molecule has 0 amide bonds. The molecule has 6 heteroatoms. The highest BCUT2D eigenvalue weighted by molar-refractivity contribution is 5.90. The second-order valence-corrected chi connectivity index (χ2v) is 4.90. The number of aromatic carboxylic acids is 1. The number of carbonyl (C=O) groups excluding carboxylic acids is 1. The number of carbonyl (C=O) groups is 2. The van der Waals surface area contributed by atoms with Crippen molar-refractivity contribution in [2.24, 2.45) is 0 Å². The van der Waals surface area contributed by atoms with E-state index in [-0.39, 0.29) is 11.3 Å². The number of benzene rings is 3. The molecular weight excluding hydrogens is 336 g/mol. The van der Waals surface area contributed by atoms with Crippen molar-refractivity contribution >= 4 is 12.1 Å². The number of aromatic hydroxyl groups is 1. The van der Waals surface area contributed by atoms with Gasteiger partial charge in [0.05, 0.1) is 0 Å². The van der Waals surface area contributed by atoms with Crippen LogP contribution in [0.25, 0.3) is 0 Å². The zero-order valence-corrected chi connectivity index (χ0v) is 13.6. The summed E-state index contributed by atoms with van der Waals surface area (Å²) in [7, 11) is 0. The van der Waals surface area contributed by atoms with Gasteiger partial charge in [-0.3, -0.25) is 0 Å². The van der Waals surface area contributed by atoms with Gasteiger partial charge in [-0.25, -0.2) is 9.59 Å². The predicted octanol–water partition coefficient (Wildman–Crippen LogP) is 4.35. The van der Waals surface area contributed by atoms with Gasteiger partial charge in [0, 0.05) is 0 Å². The first-order valence-electron chi connectivity index (χ1n) is 7.57. The van der Waals surface area contributed by atoms with Gasteiger partial charge in [0.2, 0.25) is 0 Å². The summed E-state index contributed by atoms with van der Waals surface area (Å²) in [5, 5.41) is 17.3. The molecule has 0 unspecified atom stereocenters. The molecule has 0 aliphatic carbocycles. The fourth-order valence-corrected chi connectivity index (χ4v) is 1.84. The molecule has 0 saturated heterocycles. The molecule has 3 aromatic rings. The molecule has 6 nitrogen and oxygen atoms in total. The van der Waals surface area contributed by atoms with Crippen LogP contribution in [-0.2, 0) is 0 Å². The summed E-state index contributed by atoms with van der Waals surface area (Å²) in [5.74, 6) is -0.389. The van der Waals surface area contributed by atoms with Gasteiger partial charge in [0.25, 0.3) is 0 Å². The number of hydrogen-bond donors (Lipinski definition) is 2. The van der Waals surface area contributed by atoms with Crippen LogP contribution in [0.15, 0.2) is 84.9 Å². The number of phenols is 1. The van der Waals surface area contributed by atoms with Crippen molar-refractivity contribution in [2.75, 3.05) is 0 Å². The van der Waals surface area contributed by atoms with Gasteiger partial charge in [-0.1, -0.05) is 48.5 Å². The van der Waals surface area contributed by atoms with E-state index in [4.69, 9.17) is 19.7 Å². The third-order valence-corrected chi connectivity index (χ3v) is 3.02. The maximum absolute atomic E-state index is 11.3. The second-order valence-electron chi connectivity index (χ2n) is 4.90. The minimum atomic E-state index is -1.11. The first-order chi connectivity index (χ1) is 12.6. The van der Waals surface area contributed by atoms with Crippen LogP contribution in [0.4, 0.5) is 4.79 Å². The summed E-state index contributed by atoms with van der Waals surface area (Å²) < 4.78 is 9.91. The predicted molar refractivity (Wildman–Crippen MR) is 94.6 cm³/mol. The number of hydrogen-bond acceptors (Lipinski definition) is 5. The van der Waals surface area contributed by atoms with E-state index < -0.39 is 12.1 Å².